The summed E-state index contributed by atoms with van der Waals surface area (Å²) >= 11 is 0. The molecule has 0 N–H and O–H groups in total. The Balaban J connectivity index is 1.70. The van der Waals surface area contributed by atoms with Crippen LogP contribution in [0.2, 0.25) is 0 Å². The molecule has 1 amide bonds. The Bertz CT molecular complexity index is 1300. The van der Waals surface area contributed by atoms with E-state index in [1.54, 1.807) is 4.90 Å². The molecule has 1 atom stereocenters. The molecule has 4 aromatic rings. The molecule has 31 heavy (non-hydrogen) atoms. The Labute approximate surface area is 182 Å². The van der Waals surface area contributed by atoms with E-state index in [9.17, 15) is 10.1 Å². The number of benzene rings is 3. The summed E-state index contributed by atoms with van der Waals surface area (Å²) in [6.07, 6.45) is 0.730. The number of rotatable bonds is 3. The largest absolute Gasteiger partial charge is 0.337 e. The van der Waals surface area contributed by atoms with Gasteiger partial charge in [-0.3, -0.25) is 4.79 Å². The summed E-state index contributed by atoms with van der Waals surface area (Å²) in [6, 6.07) is 30.3. The molecule has 1 aliphatic rings. The number of carbonyl (C=O) groups is 1. The molecule has 0 bridgehead atoms. The quantitative estimate of drug-likeness (QED) is 0.475. The highest BCUT2D eigenvalue weighted by Crippen LogP contribution is 2.41. The average molecular weight is 406 g/mol. The summed E-state index contributed by atoms with van der Waals surface area (Å²) < 4.78 is 2.23. The Morgan fingerprint density at radius 1 is 0.968 bits per heavy atom. The molecule has 0 radical (unpaired) electrons. The Hall–Kier alpha value is -3.84. The lowest BCUT2D eigenvalue weighted by atomic mass is 9.86. The van der Waals surface area contributed by atoms with Crippen LogP contribution in [0.5, 0.6) is 0 Å². The summed E-state index contributed by atoms with van der Waals surface area (Å²) in [5, 5.41) is 11.6. The topological polar surface area (TPSA) is 49.0 Å². The number of amides is 1. The van der Waals surface area contributed by atoms with E-state index in [1.165, 1.54) is 10.9 Å². The maximum atomic E-state index is 13.4. The maximum Gasteiger partial charge on any atom is 0.255 e. The predicted molar refractivity (Wildman–Crippen MR) is 122 cm³/mol. The van der Waals surface area contributed by atoms with Crippen molar-refractivity contribution in [3.63, 3.8) is 0 Å². The summed E-state index contributed by atoms with van der Waals surface area (Å²) in [5.41, 5.74) is 3.92. The van der Waals surface area contributed by atoms with Crippen molar-refractivity contribution in [3.05, 3.63) is 107 Å². The SMILES string of the molecule is CC1(C#N)c2c(c3ccccc3n2Cc2ccccc2)CCN1C(=O)c1ccccc1. The van der Waals surface area contributed by atoms with Gasteiger partial charge in [0.25, 0.3) is 5.91 Å². The van der Waals surface area contributed by atoms with Gasteiger partial charge >= 0.3 is 0 Å². The Kier molecular flexibility index (Phi) is 4.60. The fourth-order valence-electron chi connectivity index (χ4n) is 4.84. The molecule has 0 saturated carbocycles. The van der Waals surface area contributed by atoms with E-state index in [-0.39, 0.29) is 5.91 Å². The molecule has 152 valence electrons. The Morgan fingerprint density at radius 2 is 1.61 bits per heavy atom. The second-order valence-corrected chi connectivity index (χ2v) is 8.17. The fourth-order valence-corrected chi connectivity index (χ4v) is 4.84. The molecule has 5 rings (SSSR count). The average Bonchev–Trinajstić information content (AvgIpc) is 3.15. The van der Waals surface area contributed by atoms with Gasteiger partial charge in [0.05, 0.1) is 11.8 Å². The lowest BCUT2D eigenvalue weighted by molar-refractivity contribution is 0.0572. The zero-order valence-corrected chi connectivity index (χ0v) is 17.5. The highest BCUT2D eigenvalue weighted by molar-refractivity contribution is 5.96. The minimum Gasteiger partial charge on any atom is -0.337 e. The third-order valence-electron chi connectivity index (χ3n) is 6.33. The van der Waals surface area contributed by atoms with Gasteiger partial charge in [0.1, 0.15) is 0 Å². The third-order valence-corrected chi connectivity index (χ3v) is 6.33. The van der Waals surface area contributed by atoms with E-state index >= 15 is 0 Å². The van der Waals surface area contributed by atoms with Crippen molar-refractivity contribution in [1.29, 1.82) is 5.26 Å². The third kappa shape index (κ3) is 3.02. The Morgan fingerprint density at radius 3 is 2.32 bits per heavy atom. The highest BCUT2D eigenvalue weighted by Gasteiger charge is 2.45. The molecule has 2 heterocycles. The zero-order valence-electron chi connectivity index (χ0n) is 17.5. The van der Waals surface area contributed by atoms with Crippen molar-refractivity contribution >= 4 is 16.8 Å². The second kappa shape index (κ2) is 7.45. The van der Waals surface area contributed by atoms with Gasteiger partial charge in [0.2, 0.25) is 0 Å². The van der Waals surface area contributed by atoms with Crippen LogP contribution < -0.4 is 0 Å². The van der Waals surface area contributed by atoms with Crippen molar-refractivity contribution in [2.75, 3.05) is 6.54 Å². The van der Waals surface area contributed by atoms with Gasteiger partial charge in [-0.1, -0.05) is 66.7 Å². The first-order chi connectivity index (χ1) is 15.1. The molecule has 0 fully saturated rings. The molecule has 1 aromatic heterocycles. The van der Waals surface area contributed by atoms with E-state index in [4.69, 9.17) is 0 Å². The van der Waals surface area contributed by atoms with E-state index in [1.807, 2.05) is 67.6 Å². The lowest BCUT2D eigenvalue weighted by Gasteiger charge is -2.41. The zero-order chi connectivity index (χ0) is 21.4. The van der Waals surface area contributed by atoms with Gasteiger partial charge in [0.15, 0.2) is 5.54 Å². The van der Waals surface area contributed by atoms with Crippen LogP contribution in [0.1, 0.15) is 34.1 Å². The molecule has 0 spiro atoms. The van der Waals surface area contributed by atoms with E-state index < -0.39 is 5.54 Å². The molecule has 0 saturated heterocycles. The minimum atomic E-state index is -1.06. The van der Waals surface area contributed by atoms with E-state index in [0.29, 0.717) is 18.7 Å². The molecule has 3 aromatic carbocycles. The molecule has 4 heteroatoms. The predicted octanol–water partition coefficient (Wildman–Crippen LogP) is 5.13. The van der Waals surface area contributed by atoms with Crippen molar-refractivity contribution in [2.45, 2.75) is 25.4 Å². The maximum absolute atomic E-state index is 13.4. The highest BCUT2D eigenvalue weighted by atomic mass is 16.2. The monoisotopic (exact) mass is 405 g/mol. The van der Waals surface area contributed by atoms with Crippen molar-refractivity contribution < 1.29 is 4.79 Å². The number of aromatic nitrogens is 1. The first kappa shape index (κ1) is 19.1. The van der Waals surface area contributed by atoms with Gasteiger partial charge in [-0.05, 0) is 42.7 Å². The van der Waals surface area contributed by atoms with Gasteiger partial charge < -0.3 is 9.47 Å². The van der Waals surface area contributed by atoms with Gasteiger partial charge in [0, 0.05) is 29.6 Å². The van der Waals surface area contributed by atoms with Crippen LogP contribution in [0.15, 0.2) is 84.9 Å². The fraction of sp³-hybridized carbons (Fsp3) is 0.185. The molecule has 0 aliphatic carbocycles. The smallest absolute Gasteiger partial charge is 0.255 e. The second-order valence-electron chi connectivity index (χ2n) is 8.17. The first-order valence-corrected chi connectivity index (χ1v) is 10.6. The van der Waals surface area contributed by atoms with Gasteiger partial charge in [-0.25, -0.2) is 0 Å². The van der Waals surface area contributed by atoms with Crippen molar-refractivity contribution in [2.24, 2.45) is 0 Å². The van der Waals surface area contributed by atoms with Crippen molar-refractivity contribution in [1.82, 2.24) is 9.47 Å². The molecular formula is C27H23N3O. The molecule has 1 aliphatic heterocycles. The standard InChI is InChI=1S/C27H23N3O/c1-27(19-28)25-23(16-17-30(27)26(31)21-12-6-3-7-13-21)22-14-8-9-15-24(22)29(25)18-20-10-4-2-5-11-20/h2-15H,16-18H2,1H3. The van der Waals surface area contributed by atoms with E-state index in [2.05, 4.69) is 34.9 Å². The van der Waals surface area contributed by atoms with Crippen LogP contribution in [0.4, 0.5) is 0 Å². The van der Waals surface area contributed by atoms with Crippen molar-refractivity contribution in [3.8, 4) is 6.07 Å². The summed E-state index contributed by atoms with van der Waals surface area (Å²) in [7, 11) is 0. The van der Waals surface area contributed by atoms with Crippen LogP contribution in [0, 0.1) is 11.3 Å². The van der Waals surface area contributed by atoms with Crippen LogP contribution in [-0.2, 0) is 18.5 Å². The van der Waals surface area contributed by atoms with E-state index in [0.717, 1.165) is 23.2 Å². The molecule has 1 unspecified atom stereocenters. The normalized spacial score (nSPS) is 17.9. The number of nitrogens with zero attached hydrogens (tertiary/aromatic N) is 3. The van der Waals surface area contributed by atoms with Gasteiger partial charge in [-0.15, -0.1) is 0 Å². The summed E-state index contributed by atoms with van der Waals surface area (Å²) in [4.78, 5) is 15.2. The molecular weight excluding hydrogens is 382 g/mol. The number of hydrogen-bond acceptors (Lipinski definition) is 2. The number of hydrogen-bond donors (Lipinski definition) is 0. The summed E-state index contributed by atoms with van der Waals surface area (Å²) in [6.45, 7) is 3.05. The minimum absolute atomic E-state index is 0.105. The number of fused-ring (bicyclic) bond motifs is 3. The number of nitriles is 1. The van der Waals surface area contributed by atoms with Crippen LogP contribution >= 0.6 is 0 Å². The molecule has 4 nitrogen and oxygen atoms in total. The van der Waals surface area contributed by atoms with Gasteiger partial charge in [-0.2, -0.15) is 5.26 Å². The summed E-state index contributed by atoms with van der Waals surface area (Å²) in [5.74, 6) is -0.105. The van der Waals surface area contributed by atoms with Crippen LogP contribution in [-0.4, -0.2) is 21.9 Å². The number of para-hydroxylation sites is 1. The number of carbonyl (C=O) groups excluding carboxylic acids is 1. The van der Waals surface area contributed by atoms with Crippen LogP contribution in [0.3, 0.4) is 0 Å². The first-order valence-electron chi connectivity index (χ1n) is 10.6. The lowest BCUT2D eigenvalue weighted by Crippen LogP contribution is -2.51. The van der Waals surface area contributed by atoms with Crippen LogP contribution in [0.25, 0.3) is 10.9 Å².